The van der Waals surface area contributed by atoms with Gasteiger partial charge in [0.05, 0.1) is 0 Å². The lowest BCUT2D eigenvalue weighted by Gasteiger charge is -2.19. The smallest absolute Gasteiger partial charge is 0.142 e. The fraction of sp³-hybridized carbons (Fsp3) is 0.400. The van der Waals surface area contributed by atoms with Gasteiger partial charge in [-0.05, 0) is 18.7 Å². The molecule has 0 radical (unpaired) electrons. The minimum absolute atomic E-state index is 0.511. The van der Waals surface area contributed by atoms with E-state index in [2.05, 4.69) is 0 Å². The Kier molecular flexibility index (Phi) is 3.15. The van der Waals surface area contributed by atoms with Crippen molar-refractivity contribution >= 4 is 11.8 Å². The van der Waals surface area contributed by atoms with Crippen molar-refractivity contribution in [2.75, 3.05) is 12.0 Å². The van der Waals surface area contributed by atoms with Gasteiger partial charge in [-0.3, -0.25) is 0 Å². The standard InChI is InChI=1S/C10H13FS/c1-10(11,8-12-2)9-6-4-3-5-7-9/h3-7H,8H2,1-2H3. The topological polar surface area (TPSA) is 0 Å². The van der Waals surface area contributed by atoms with E-state index in [1.54, 1.807) is 6.92 Å². The van der Waals surface area contributed by atoms with Crippen molar-refractivity contribution in [2.24, 2.45) is 0 Å². The van der Waals surface area contributed by atoms with E-state index in [0.717, 1.165) is 5.56 Å². The van der Waals surface area contributed by atoms with Crippen LogP contribution in [0.15, 0.2) is 30.3 Å². The van der Waals surface area contributed by atoms with Crippen molar-refractivity contribution in [1.82, 2.24) is 0 Å². The van der Waals surface area contributed by atoms with Crippen molar-refractivity contribution in [3.8, 4) is 0 Å². The molecule has 66 valence electrons. The molecule has 0 saturated heterocycles. The van der Waals surface area contributed by atoms with Crippen LogP contribution in [-0.2, 0) is 5.67 Å². The minimum atomic E-state index is -1.19. The molecule has 0 bridgehead atoms. The number of benzene rings is 1. The first kappa shape index (κ1) is 9.59. The largest absolute Gasteiger partial charge is 0.238 e. The second-order valence-electron chi connectivity index (χ2n) is 3.00. The highest BCUT2D eigenvalue weighted by atomic mass is 32.2. The number of alkyl halides is 1. The molecule has 12 heavy (non-hydrogen) atoms. The average Bonchev–Trinajstić information content (AvgIpc) is 2.06. The van der Waals surface area contributed by atoms with Crippen LogP contribution < -0.4 is 0 Å². The van der Waals surface area contributed by atoms with Gasteiger partial charge in [0.1, 0.15) is 5.67 Å². The molecule has 2 heteroatoms. The van der Waals surface area contributed by atoms with E-state index in [1.165, 1.54) is 11.8 Å². The third-order valence-electron chi connectivity index (χ3n) is 1.79. The van der Waals surface area contributed by atoms with Gasteiger partial charge in [-0.15, -0.1) is 0 Å². The molecule has 0 saturated carbocycles. The highest BCUT2D eigenvalue weighted by Gasteiger charge is 2.24. The van der Waals surface area contributed by atoms with E-state index in [0.29, 0.717) is 5.75 Å². The Bertz CT molecular complexity index is 231. The zero-order valence-corrected chi connectivity index (χ0v) is 8.20. The summed E-state index contributed by atoms with van der Waals surface area (Å²) in [6.07, 6.45) is 1.92. The Morgan fingerprint density at radius 3 is 2.42 bits per heavy atom. The van der Waals surface area contributed by atoms with Gasteiger partial charge in [0.15, 0.2) is 0 Å². The highest BCUT2D eigenvalue weighted by Crippen LogP contribution is 2.28. The van der Waals surface area contributed by atoms with Crippen LogP contribution in [0.3, 0.4) is 0 Å². The Morgan fingerprint density at radius 1 is 1.33 bits per heavy atom. The van der Waals surface area contributed by atoms with Crippen LogP contribution in [0, 0.1) is 0 Å². The molecule has 0 aliphatic rings. The molecule has 1 aromatic rings. The normalized spacial score (nSPS) is 15.6. The van der Waals surface area contributed by atoms with E-state index < -0.39 is 5.67 Å². The van der Waals surface area contributed by atoms with Gasteiger partial charge in [0, 0.05) is 5.75 Å². The van der Waals surface area contributed by atoms with Crippen LogP contribution in [-0.4, -0.2) is 12.0 Å². The van der Waals surface area contributed by atoms with Crippen LogP contribution in [0.25, 0.3) is 0 Å². The molecule has 0 aliphatic carbocycles. The maximum atomic E-state index is 13.8. The van der Waals surface area contributed by atoms with Crippen molar-refractivity contribution in [1.29, 1.82) is 0 Å². The molecule has 0 aliphatic heterocycles. The van der Waals surface area contributed by atoms with Crippen LogP contribution in [0.1, 0.15) is 12.5 Å². The quantitative estimate of drug-likeness (QED) is 0.695. The summed E-state index contributed by atoms with van der Waals surface area (Å²) >= 11 is 1.53. The summed E-state index contributed by atoms with van der Waals surface area (Å²) in [6, 6.07) is 9.30. The summed E-state index contributed by atoms with van der Waals surface area (Å²) in [7, 11) is 0. The first-order valence-electron chi connectivity index (χ1n) is 3.90. The molecule has 1 atom stereocenters. The van der Waals surface area contributed by atoms with Crippen molar-refractivity contribution in [3.05, 3.63) is 35.9 Å². The summed E-state index contributed by atoms with van der Waals surface area (Å²) in [5.41, 5.74) is -0.430. The maximum Gasteiger partial charge on any atom is 0.142 e. The molecule has 0 nitrogen and oxygen atoms in total. The fourth-order valence-corrected chi connectivity index (χ4v) is 1.85. The molecule has 0 aromatic heterocycles. The van der Waals surface area contributed by atoms with Gasteiger partial charge in [-0.2, -0.15) is 11.8 Å². The number of rotatable bonds is 3. The number of hydrogen-bond donors (Lipinski definition) is 0. The summed E-state index contributed by atoms with van der Waals surface area (Å²) in [5.74, 6) is 0.511. The first-order valence-corrected chi connectivity index (χ1v) is 5.29. The van der Waals surface area contributed by atoms with Crippen LogP contribution >= 0.6 is 11.8 Å². The van der Waals surface area contributed by atoms with Gasteiger partial charge < -0.3 is 0 Å². The van der Waals surface area contributed by atoms with Gasteiger partial charge in [-0.1, -0.05) is 30.3 Å². The Balaban J connectivity index is 2.82. The maximum absolute atomic E-state index is 13.8. The van der Waals surface area contributed by atoms with E-state index in [-0.39, 0.29) is 0 Å². The molecule has 0 spiro atoms. The summed E-state index contributed by atoms with van der Waals surface area (Å²) < 4.78 is 13.8. The van der Waals surface area contributed by atoms with Gasteiger partial charge in [-0.25, -0.2) is 4.39 Å². The third-order valence-corrected chi connectivity index (χ3v) is 2.62. The van der Waals surface area contributed by atoms with Crippen LogP contribution in [0.5, 0.6) is 0 Å². The zero-order chi connectivity index (χ0) is 9.03. The molecule has 0 N–H and O–H groups in total. The van der Waals surface area contributed by atoms with Crippen molar-refractivity contribution in [2.45, 2.75) is 12.6 Å². The molecule has 0 fully saturated rings. The van der Waals surface area contributed by atoms with E-state index in [1.807, 2.05) is 36.6 Å². The number of hydrogen-bond acceptors (Lipinski definition) is 1. The summed E-state index contributed by atoms with van der Waals surface area (Å²) in [5, 5.41) is 0. The van der Waals surface area contributed by atoms with Gasteiger partial charge in [0.25, 0.3) is 0 Å². The molecule has 1 unspecified atom stereocenters. The molecule has 1 aromatic carbocycles. The Morgan fingerprint density at radius 2 is 1.92 bits per heavy atom. The van der Waals surface area contributed by atoms with Crippen molar-refractivity contribution < 1.29 is 4.39 Å². The lowest BCUT2D eigenvalue weighted by Crippen LogP contribution is -2.17. The van der Waals surface area contributed by atoms with Crippen molar-refractivity contribution in [3.63, 3.8) is 0 Å². The second-order valence-corrected chi connectivity index (χ2v) is 3.86. The second kappa shape index (κ2) is 3.94. The van der Waals surface area contributed by atoms with Crippen LogP contribution in [0.4, 0.5) is 4.39 Å². The zero-order valence-electron chi connectivity index (χ0n) is 7.38. The van der Waals surface area contributed by atoms with E-state index >= 15 is 0 Å². The lowest BCUT2D eigenvalue weighted by atomic mass is 10.0. The average molecular weight is 184 g/mol. The van der Waals surface area contributed by atoms with E-state index in [9.17, 15) is 4.39 Å². The van der Waals surface area contributed by atoms with E-state index in [4.69, 9.17) is 0 Å². The SMILES string of the molecule is CSCC(C)(F)c1ccccc1. The molecule has 0 amide bonds. The molecule has 1 rings (SSSR count). The monoisotopic (exact) mass is 184 g/mol. The number of halogens is 1. The fourth-order valence-electron chi connectivity index (χ4n) is 1.14. The summed E-state index contributed by atoms with van der Waals surface area (Å²) in [6.45, 7) is 1.62. The Hall–Kier alpha value is -0.500. The third kappa shape index (κ3) is 2.24. The number of thioether (sulfide) groups is 1. The molecular formula is C10H13FS. The first-order chi connectivity index (χ1) is 5.67. The predicted molar refractivity (Wildman–Crippen MR) is 53.3 cm³/mol. The highest BCUT2D eigenvalue weighted by molar-refractivity contribution is 7.98. The summed E-state index contributed by atoms with van der Waals surface area (Å²) in [4.78, 5) is 0. The van der Waals surface area contributed by atoms with Gasteiger partial charge in [0.2, 0.25) is 0 Å². The molecular weight excluding hydrogens is 171 g/mol. The van der Waals surface area contributed by atoms with Gasteiger partial charge >= 0.3 is 0 Å². The predicted octanol–water partition coefficient (Wildman–Crippen LogP) is 3.23. The Labute approximate surface area is 77.2 Å². The lowest BCUT2D eigenvalue weighted by molar-refractivity contribution is 0.228. The molecule has 0 heterocycles. The minimum Gasteiger partial charge on any atom is -0.238 e. The van der Waals surface area contributed by atoms with Crippen LogP contribution in [0.2, 0.25) is 0 Å².